The molecule has 0 radical (unpaired) electrons. The van der Waals surface area contributed by atoms with Crippen molar-refractivity contribution in [3.63, 3.8) is 0 Å². The first-order valence-electron chi connectivity index (χ1n) is 12.4. The van der Waals surface area contributed by atoms with Crippen molar-refractivity contribution in [3.8, 4) is 11.8 Å². The van der Waals surface area contributed by atoms with E-state index in [1.807, 2.05) is 7.05 Å². The van der Waals surface area contributed by atoms with Crippen molar-refractivity contribution in [1.82, 2.24) is 25.2 Å². The molecule has 2 aromatic heterocycles. The van der Waals surface area contributed by atoms with Gasteiger partial charge in [0.1, 0.15) is 43.0 Å². The summed E-state index contributed by atoms with van der Waals surface area (Å²) in [6, 6.07) is 0. The van der Waals surface area contributed by atoms with Crippen molar-refractivity contribution in [1.29, 1.82) is 0 Å². The van der Waals surface area contributed by atoms with E-state index in [0.29, 0.717) is 28.8 Å². The van der Waals surface area contributed by atoms with Crippen LogP contribution >= 0.6 is 29.4 Å². The largest absolute Gasteiger partial charge is 0.474 e. The Hall–Kier alpha value is -1.98. The number of nitrogens with two attached hydrogens (primary N) is 2. The van der Waals surface area contributed by atoms with E-state index in [9.17, 15) is 14.3 Å². The second-order valence-electron chi connectivity index (χ2n) is 8.37. The molecule has 0 saturated carbocycles. The fraction of sp³-hybridized carbons (Fsp3) is 0.591. The SMILES string of the molecule is CNCCSSCCC(=O)NCC#Cc1cn([C@H]2CC(ON)[C@@H](COP(=O)(O)OCOCO)O2)c2ncnc(N)c12. The van der Waals surface area contributed by atoms with Gasteiger partial charge < -0.3 is 40.4 Å². The summed E-state index contributed by atoms with van der Waals surface area (Å²) >= 11 is 0. The monoisotopic (exact) mass is 635 g/mol. The standard InChI is InChI=1S/C22H34N7O9PS2/c1-25-6-8-41-40-7-4-18(31)26-5-2-3-15-10-29(22-20(15)21(23)27-12-28-22)19-9-16(38-24)17(37-19)11-35-39(32,33)36-14-34-13-30/h10,12,16-17,19,25,30H,4-9,11,13-14,24H2,1H3,(H,26,31)(H,32,33)(H2,23,27,28)/t16?,17-,19-/m1/s1. The van der Waals surface area contributed by atoms with Crippen LogP contribution in [0.2, 0.25) is 0 Å². The summed E-state index contributed by atoms with van der Waals surface area (Å²) in [6.07, 6.45) is 1.43. The lowest BCUT2D eigenvalue weighted by molar-refractivity contribution is -0.120. The number of aromatic nitrogens is 3. The number of aliphatic hydroxyl groups is 1. The molecular weight excluding hydrogens is 601 g/mol. The second kappa shape index (κ2) is 17.2. The lowest BCUT2D eigenvalue weighted by Gasteiger charge is -2.19. The summed E-state index contributed by atoms with van der Waals surface area (Å²) in [4.78, 5) is 35.3. The van der Waals surface area contributed by atoms with Gasteiger partial charge >= 0.3 is 7.82 Å². The van der Waals surface area contributed by atoms with E-state index >= 15 is 0 Å². The number of phosphoric ester groups is 1. The lowest BCUT2D eigenvalue weighted by atomic mass is 10.2. The predicted octanol–water partition coefficient (Wildman–Crippen LogP) is 0.0760. The van der Waals surface area contributed by atoms with Gasteiger partial charge in [-0.1, -0.05) is 33.4 Å². The van der Waals surface area contributed by atoms with Crippen LogP contribution in [0.3, 0.4) is 0 Å². The molecule has 2 unspecified atom stereocenters. The zero-order chi connectivity index (χ0) is 29.7. The number of rotatable bonds is 17. The Morgan fingerprint density at radius 1 is 1.34 bits per heavy atom. The molecule has 1 aliphatic heterocycles. The first-order chi connectivity index (χ1) is 19.8. The maximum atomic E-state index is 12.1. The van der Waals surface area contributed by atoms with E-state index in [2.05, 4.69) is 41.7 Å². The molecule has 8 N–H and O–H groups in total. The molecule has 0 bridgehead atoms. The van der Waals surface area contributed by atoms with Gasteiger partial charge in [-0.25, -0.2) is 20.4 Å². The van der Waals surface area contributed by atoms with Gasteiger partial charge in [0.05, 0.1) is 24.1 Å². The third-order valence-electron chi connectivity index (χ3n) is 5.62. The number of amides is 1. The van der Waals surface area contributed by atoms with Crippen LogP contribution in [0.1, 0.15) is 24.6 Å². The summed E-state index contributed by atoms with van der Waals surface area (Å²) in [5.41, 5.74) is 7.10. The maximum absolute atomic E-state index is 12.1. The second-order valence-corrected chi connectivity index (χ2v) is 12.5. The molecule has 0 aromatic carbocycles. The molecule has 16 nitrogen and oxygen atoms in total. The summed E-state index contributed by atoms with van der Waals surface area (Å²) in [7, 11) is 0.777. The number of carbonyl (C=O) groups excluding carboxylic acids is 1. The highest BCUT2D eigenvalue weighted by molar-refractivity contribution is 8.76. The van der Waals surface area contributed by atoms with Gasteiger partial charge in [0, 0.05) is 37.1 Å². The van der Waals surface area contributed by atoms with Gasteiger partial charge in [0.2, 0.25) is 5.91 Å². The van der Waals surface area contributed by atoms with E-state index < -0.39 is 39.8 Å². The molecule has 3 heterocycles. The average molecular weight is 636 g/mol. The van der Waals surface area contributed by atoms with Crippen LogP contribution in [0.25, 0.3) is 11.0 Å². The van der Waals surface area contributed by atoms with Gasteiger partial charge in [-0.05, 0) is 7.05 Å². The van der Waals surface area contributed by atoms with Crippen LogP contribution in [0.4, 0.5) is 5.82 Å². The number of fused-ring (bicyclic) bond motifs is 1. The fourth-order valence-corrected chi connectivity index (χ4v) is 6.32. The molecule has 1 aliphatic rings. The number of hydrogen-bond acceptors (Lipinski definition) is 15. The summed E-state index contributed by atoms with van der Waals surface area (Å²) in [5, 5.41) is 14.9. The van der Waals surface area contributed by atoms with Gasteiger partial charge in [-0.2, -0.15) is 0 Å². The first-order valence-corrected chi connectivity index (χ1v) is 16.3. The minimum Gasteiger partial charge on any atom is -0.383 e. The van der Waals surface area contributed by atoms with E-state index in [1.165, 1.54) is 6.33 Å². The number of nitrogens with one attached hydrogen (secondary N) is 2. The van der Waals surface area contributed by atoms with Crippen molar-refractivity contribution in [3.05, 3.63) is 18.1 Å². The Balaban J connectivity index is 1.63. The van der Waals surface area contributed by atoms with Crippen molar-refractivity contribution in [2.75, 3.05) is 57.6 Å². The summed E-state index contributed by atoms with van der Waals surface area (Å²) in [5.74, 6) is 13.2. The lowest BCUT2D eigenvalue weighted by Crippen LogP contribution is -2.31. The third-order valence-corrected chi connectivity index (χ3v) is 8.94. The molecule has 0 aliphatic carbocycles. The molecule has 3 rings (SSSR count). The van der Waals surface area contributed by atoms with E-state index in [-0.39, 0.29) is 31.3 Å². The molecule has 1 saturated heterocycles. The van der Waals surface area contributed by atoms with E-state index in [4.69, 9.17) is 30.8 Å². The number of nitrogen functional groups attached to an aromatic ring is 1. The van der Waals surface area contributed by atoms with Gasteiger partial charge in [-0.3, -0.25) is 18.7 Å². The van der Waals surface area contributed by atoms with Crippen LogP contribution in [-0.2, 0) is 32.7 Å². The summed E-state index contributed by atoms with van der Waals surface area (Å²) < 4.78 is 33.7. The maximum Gasteiger partial charge on any atom is 0.474 e. The molecule has 1 fully saturated rings. The quantitative estimate of drug-likeness (QED) is 0.0338. The molecule has 19 heteroatoms. The Morgan fingerprint density at radius 3 is 2.90 bits per heavy atom. The average Bonchev–Trinajstić information content (AvgIpc) is 3.54. The Labute approximate surface area is 244 Å². The fourth-order valence-electron chi connectivity index (χ4n) is 3.70. The van der Waals surface area contributed by atoms with Crippen LogP contribution in [0.5, 0.6) is 0 Å². The van der Waals surface area contributed by atoms with Crippen molar-refractivity contribution in [2.45, 2.75) is 31.3 Å². The van der Waals surface area contributed by atoms with Gasteiger partial charge in [0.15, 0.2) is 6.79 Å². The number of nitrogens with zero attached hydrogens (tertiary/aromatic N) is 3. The van der Waals surface area contributed by atoms with Crippen molar-refractivity contribution >= 4 is 52.2 Å². The summed E-state index contributed by atoms with van der Waals surface area (Å²) in [6.45, 7) is -0.659. The van der Waals surface area contributed by atoms with E-state index in [0.717, 1.165) is 12.3 Å². The number of carbonyl (C=O) groups is 1. The molecule has 1 amide bonds. The van der Waals surface area contributed by atoms with Crippen LogP contribution in [0, 0.1) is 11.8 Å². The highest BCUT2D eigenvalue weighted by Gasteiger charge is 2.39. The zero-order valence-electron chi connectivity index (χ0n) is 22.3. The zero-order valence-corrected chi connectivity index (χ0v) is 24.8. The van der Waals surface area contributed by atoms with Crippen LogP contribution in [-0.4, -0.2) is 94.5 Å². The van der Waals surface area contributed by atoms with Crippen LogP contribution in [0.15, 0.2) is 12.5 Å². The number of aliphatic hydroxyl groups excluding tert-OH is 1. The predicted molar refractivity (Wildman–Crippen MR) is 153 cm³/mol. The minimum atomic E-state index is -4.49. The van der Waals surface area contributed by atoms with Crippen molar-refractivity contribution < 1.29 is 42.7 Å². The van der Waals surface area contributed by atoms with Gasteiger partial charge in [0.25, 0.3) is 0 Å². The van der Waals surface area contributed by atoms with Gasteiger partial charge in [-0.15, -0.1) is 0 Å². The number of hydrogen-bond donors (Lipinski definition) is 6. The highest BCUT2D eigenvalue weighted by Crippen LogP contribution is 2.44. The molecule has 4 atom stereocenters. The number of anilines is 1. The number of ether oxygens (including phenoxy) is 2. The third kappa shape index (κ3) is 10.4. The normalized spacial score (nSPS) is 20.0. The molecule has 41 heavy (non-hydrogen) atoms. The van der Waals surface area contributed by atoms with E-state index in [1.54, 1.807) is 32.4 Å². The highest BCUT2D eigenvalue weighted by atomic mass is 33.1. The Kier molecular flexibility index (Phi) is 14.1. The molecular formula is C22H34N7O9PS2. The van der Waals surface area contributed by atoms with Crippen molar-refractivity contribution in [2.24, 2.45) is 5.90 Å². The smallest absolute Gasteiger partial charge is 0.383 e. The first kappa shape index (κ1) is 33.5. The minimum absolute atomic E-state index is 0.0921. The topological polar surface area (TPSA) is 228 Å². The van der Waals surface area contributed by atoms with Crippen LogP contribution < -0.4 is 22.3 Å². The molecule has 228 valence electrons. The molecule has 2 aromatic rings. The Morgan fingerprint density at radius 2 is 2.15 bits per heavy atom. The molecule has 0 spiro atoms. The Bertz CT molecular complexity index is 1250. The number of phosphoric acid groups is 1.